The minimum Gasteiger partial charge on any atom is -0.410 e. The Morgan fingerprint density at radius 2 is 2.18 bits per heavy atom. The van der Waals surface area contributed by atoms with Gasteiger partial charge < -0.3 is 24.6 Å². The molecule has 2 aromatic heterocycles. The Hall–Kier alpha value is -1.52. The molecule has 0 saturated carbocycles. The van der Waals surface area contributed by atoms with Crippen molar-refractivity contribution in [1.82, 2.24) is 14.5 Å². The van der Waals surface area contributed by atoms with Crippen LogP contribution in [0.15, 0.2) is 12.3 Å². The van der Waals surface area contributed by atoms with Crippen LogP contribution in [0.3, 0.4) is 0 Å². The van der Waals surface area contributed by atoms with Crippen molar-refractivity contribution in [1.29, 1.82) is 0 Å². The maximum absolute atomic E-state index is 12.0. The Kier molecular flexibility index (Phi) is 5.35. The van der Waals surface area contributed by atoms with Crippen LogP contribution in [-0.2, 0) is 14.0 Å². The van der Waals surface area contributed by atoms with Crippen LogP contribution in [0.25, 0.3) is 11.0 Å². The van der Waals surface area contributed by atoms with Crippen LogP contribution in [0.5, 0.6) is 0 Å². The Morgan fingerprint density at radius 1 is 1.50 bits per heavy atom. The normalized spacial score (nSPS) is 26.1. The van der Waals surface area contributed by atoms with Crippen molar-refractivity contribution in [2.45, 2.75) is 63.3 Å². The molecule has 1 aliphatic heterocycles. The van der Waals surface area contributed by atoms with Gasteiger partial charge in [0, 0.05) is 12.6 Å². The van der Waals surface area contributed by atoms with Crippen molar-refractivity contribution in [3.63, 3.8) is 0 Å². The van der Waals surface area contributed by atoms with Crippen LogP contribution in [-0.4, -0.2) is 52.6 Å². The highest BCUT2D eigenvalue weighted by Crippen LogP contribution is 2.44. The van der Waals surface area contributed by atoms with E-state index in [2.05, 4.69) is 43.8 Å². The molecule has 3 atom stereocenters. The lowest BCUT2D eigenvalue weighted by Crippen LogP contribution is -2.53. The molecule has 3 heterocycles. The molecule has 1 aliphatic rings. The molecule has 0 bridgehead atoms. The van der Waals surface area contributed by atoms with E-state index in [1.54, 1.807) is 16.8 Å². The number of rotatable bonds is 5. The van der Waals surface area contributed by atoms with Crippen molar-refractivity contribution in [2.75, 3.05) is 12.3 Å². The van der Waals surface area contributed by atoms with Crippen LogP contribution in [0.1, 0.15) is 33.4 Å². The molecule has 3 N–H and O–H groups in total. The third kappa shape index (κ3) is 3.46. The highest BCUT2D eigenvalue weighted by atomic mass is 35.5. The van der Waals surface area contributed by atoms with Crippen molar-refractivity contribution < 1.29 is 19.1 Å². The first-order valence-electron chi connectivity index (χ1n) is 9.16. The van der Waals surface area contributed by atoms with E-state index in [4.69, 9.17) is 26.5 Å². The van der Waals surface area contributed by atoms with Gasteiger partial charge in [0.05, 0.1) is 18.1 Å². The van der Waals surface area contributed by atoms with Crippen LogP contribution in [0.4, 0.5) is 5.82 Å². The number of fused-ring (bicyclic) bond motifs is 1. The fourth-order valence-corrected chi connectivity index (χ4v) is 4.68. The molecule has 28 heavy (non-hydrogen) atoms. The van der Waals surface area contributed by atoms with Gasteiger partial charge in [0.25, 0.3) is 0 Å². The summed E-state index contributed by atoms with van der Waals surface area (Å²) in [4.78, 5) is 20.2. The summed E-state index contributed by atoms with van der Waals surface area (Å²) in [5.74, 6) is 0.268. The van der Waals surface area contributed by atoms with E-state index in [0.717, 1.165) is 0 Å². The summed E-state index contributed by atoms with van der Waals surface area (Å²) in [7, 11) is -2.20. The van der Waals surface area contributed by atoms with Gasteiger partial charge in [0.2, 0.25) is 5.28 Å². The molecule has 0 radical (unpaired) electrons. The summed E-state index contributed by atoms with van der Waals surface area (Å²) < 4.78 is 14.3. The minimum absolute atomic E-state index is 0.0285. The number of nitrogen functional groups attached to an aromatic ring is 1. The van der Waals surface area contributed by atoms with E-state index in [1.807, 2.05) is 0 Å². The Morgan fingerprint density at radius 3 is 2.75 bits per heavy atom. The number of nitrogens with zero attached hydrogens (tertiary/aromatic N) is 3. The predicted molar refractivity (Wildman–Crippen MR) is 110 cm³/mol. The second-order valence-corrected chi connectivity index (χ2v) is 13.8. The molecule has 154 valence electrons. The first-order valence-corrected chi connectivity index (χ1v) is 12.4. The maximum Gasteiger partial charge on any atom is 0.226 e. The van der Waals surface area contributed by atoms with Crippen molar-refractivity contribution in [3.8, 4) is 0 Å². The number of hydrogen-bond donors (Lipinski definition) is 2. The monoisotopic (exact) mass is 426 g/mol. The molecule has 0 aliphatic carbocycles. The number of aromatic nitrogens is 3. The Balaban J connectivity index is 1.99. The fraction of sp³-hybridized carbons (Fsp3) is 0.611. The number of anilines is 1. The average molecular weight is 427 g/mol. The van der Waals surface area contributed by atoms with Gasteiger partial charge in [-0.2, -0.15) is 4.98 Å². The molecule has 0 spiro atoms. The zero-order valence-corrected chi connectivity index (χ0v) is 18.5. The topological polar surface area (TPSA) is 112 Å². The summed E-state index contributed by atoms with van der Waals surface area (Å²) in [5, 5.41) is 10.6. The largest absolute Gasteiger partial charge is 0.410 e. The summed E-state index contributed by atoms with van der Waals surface area (Å²) in [6.45, 7) is 10.1. The number of ether oxygens (including phenoxy) is 1. The third-order valence-electron chi connectivity index (χ3n) is 5.89. The van der Waals surface area contributed by atoms with Crippen LogP contribution in [0.2, 0.25) is 23.4 Å². The number of hydrogen-bond acceptors (Lipinski definition) is 7. The molecule has 0 amide bonds. The Bertz CT molecular complexity index is 898. The second-order valence-electron chi connectivity index (χ2n) is 8.74. The van der Waals surface area contributed by atoms with Gasteiger partial charge in [-0.1, -0.05) is 20.8 Å². The van der Waals surface area contributed by atoms with E-state index >= 15 is 0 Å². The lowest BCUT2D eigenvalue weighted by Gasteiger charge is -2.40. The van der Waals surface area contributed by atoms with Gasteiger partial charge >= 0.3 is 0 Å². The predicted octanol–water partition coefficient (Wildman–Crippen LogP) is 2.91. The SMILES string of the molecule is CC(C)(C)[Si](C)(C)O[C@H]1C[C@H](n2ccc3c(N)nc(Cl)nc32)O[C@]1(C=O)CO. The molecule has 2 aromatic rings. The molecular weight excluding hydrogens is 400 g/mol. The molecule has 1 saturated heterocycles. The summed E-state index contributed by atoms with van der Waals surface area (Å²) in [6, 6.07) is 1.77. The van der Waals surface area contributed by atoms with Gasteiger partial charge in [0.1, 0.15) is 17.7 Å². The lowest BCUT2D eigenvalue weighted by atomic mass is 10.00. The molecular formula is C18H27ClN4O4Si. The highest BCUT2D eigenvalue weighted by Gasteiger charge is 2.53. The molecule has 8 nitrogen and oxygen atoms in total. The standard InChI is InChI=1S/C18H27ClN4O4Si/c1-17(2,3)28(4,5)27-12-8-13(26-18(12,9-24)10-25)23-7-6-11-14(20)21-16(19)22-15(11)23/h6-7,9,12-13,25H,8,10H2,1-5H3,(H2,20,21,22)/t12-,13+,18+/m0/s1. The number of halogens is 1. The van der Waals surface area contributed by atoms with E-state index in [9.17, 15) is 9.90 Å². The molecule has 1 fully saturated rings. The minimum atomic E-state index is -2.20. The maximum atomic E-state index is 12.0. The summed E-state index contributed by atoms with van der Waals surface area (Å²) >= 11 is 5.96. The van der Waals surface area contributed by atoms with Gasteiger partial charge in [0.15, 0.2) is 20.2 Å². The van der Waals surface area contributed by atoms with Crippen LogP contribution >= 0.6 is 11.6 Å². The fourth-order valence-electron chi connectivity index (χ4n) is 3.15. The van der Waals surface area contributed by atoms with Crippen molar-refractivity contribution in [3.05, 3.63) is 17.5 Å². The number of nitrogens with two attached hydrogens (primary N) is 1. The van der Waals surface area contributed by atoms with E-state index in [1.165, 1.54) is 0 Å². The molecule has 0 unspecified atom stereocenters. The highest BCUT2D eigenvalue weighted by molar-refractivity contribution is 6.74. The third-order valence-corrected chi connectivity index (χ3v) is 10.5. The van der Waals surface area contributed by atoms with Crippen LogP contribution in [0, 0.1) is 0 Å². The molecule has 0 aromatic carbocycles. The Labute approximate surface area is 170 Å². The number of aliphatic hydroxyl groups is 1. The van der Waals surface area contributed by atoms with Crippen molar-refractivity contribution in [2.24, 2.45) is 0 Å². The second kappa shape index (κ2) is 7.07. The first kappa shape index (κ1) is 21.2. The van der Waals surface area contributed by atoms with E-state index < -0.39 is 32.9 Å². The quantitative estimate of drug-likeness (QED) is 0.429. The number of aliphatic hydroxyl groups excluding tert-OH is 1. The molecule has 10 heteroatoms. The van der Waals surface area contributed by atoms with Gasteiger partial charge in [-0.15, -0.1) is 0 Å². The first-order chi connectivity index (χ1) is 12.9. The van der Waals surface area contributed by atoms with Gasteiger partial charge in [-0.05, 0) is 35.8 Å². The molecule has 3 rings (SSSR count). The van der Waals surface area contributed by atoms with E-state index in [0.29, 0.717) is 23.7 Å². The van der Waals surface area contributed by atoms with Crippen LogP contribution < -0.4 is 5.73 Å². The number of carbonyl (C=O) groups is 1. The van der Waals surface area contributed by atoms with E-state index in [-0.39, 0.29) is 16.1 Å². The number of carbonyl (C=O) groups excluding carboxylic acids is 1. The zero-order valence-electron chi connectivity index (χ0n) is 16.8. The number of aldehydes is 1. The lowest BCUT2D eigenvalue weighted by molar-refractivity contribution is -0.150. The zero-order chi connectivity index (χ0) is 20.9. The smallest absolute Gasteiger partial charge is 0.226 e. The van der Waals surface area contributed by atoms with Crippen molar-refractivity contribution >= 4 is 43.1 Å². The summed E-state index contributed by atoms with van der Waals surface area (Å²) in [5.41, 5.74) is 5.00. The summed E-state index contributed by atoms with van der Waals surface area (Å²) in [6.07, 6.45) is 1.66. The average Bonchev–Trinajstić information content (AvgIpc) is 3.15. The van der Waals surface area contributed by atoms with Gasteiger partial charge in [-0.3, -0.25) is 4.79 Å². The van der Waals surface area contributed by atoms with Gasteiger partial charge in [-0.25, -0.2) is 4.98 Å².